The van der Waals surface area contributed by atoms with Crippen molar-refractivity contribution < 1.29 is 9.47 Å². The Balaban J connectivity index is 2.48. The Morgan fingerprint density at radius 1 is 1.25 bits per heavy atom. The summed E-state index contributed by atoms with van der Waals surface area (Å²) < 4.78 is 15.3. The van der Waals surface area contributed by atoms with Gasteiger partial charge in [-0.2, -0.15) is 4.37 Å². The van der Waals surface area contributed by atoms with Crippen LogP contribution in [-0.4, -0.2) is 23.6 Å². The second-order valence-electron chi connectivity index (χ2n) is 2.93. The molecule has 0 fully saturated rings. The van der Waals surface area contributed by atoms with Gasteiger partial charge in [0.1, 0.15) is 16.5 Å². The molecule has 0 aliphatic heterocycles. The van der Waals surface area contributed by atoms with Crippen LogP contribution in [0.2, 0.25) is 0 Å². The average Bonchev–Trinajstić information content (AvgIpc) is 2.74. The van der Waals surface area contributed by atoms with Crippen LogP contribution in [0.15, 0.2) is 18.2 Å². The molecule has 0 radical (unpaired) electrons. The van der Waals surface area contributed by atoms with Crippen LogP contribution < -0.4 is 9.47 Å². The number of nitrogens with zero attached hydrogens (tertiary/aromatic N) is 2. The van der Waals surface area contributed by atoms with E-state index in [1.807, 2.05) is 18.2 Å². The van der Waals surface area contributed by atoms with Crippen molar-refractivity contribution in [3.8, 4) is 22.1 Å². The maximum absolute atomic E-state index is 5.31. The first-order valence-electron chi connectivity index (χ1n) is 4.46. The number of aromatic nitrogens is 2. The summed E-state index contributed by atoms with van der Waals surface area (Å²) in [6.07, 6.45) is 0. The fourth-order valence-corrected chi connectivity index (χ4v) is 2.59. The molecule has 4 nitrogen and oxygen atoms in total. The van der Waals surface area contributed by atoms with Gasteiger partial charge in [0.25, 0.3) is 0 Å². The first-order valence-corrected chi connectivity index (χ1v) is 6.31. The van der Waals surface area contributed by atoms with E-state index in [9.17, 15) is 0 Å². The first-order chi connectivity index (χ1) is 7.74. The van der Waals surface area contributed by atoms with Crippen LogP contribution in [0.3, 0.4) is 0 Å². The second-order valence-corrected chi connectivity index (χ2v) is 4.65. The van der Waals surface area contributed by atoms with Crippen molar-refractivity contribution in [3.05, 3.63) is 22.0 Å². The minimum Gasteiger partial charge on any atom is -0.497 e. The molecule has 0 saturated carbocycles. The number of benzene rings is 1. The smallest absolute Gasteiger partial charge is 0.203 e. The van der Waals surface area contributed by atoms with Gasteiger partial charge in [-0.05, 0) is 23.7 Å². The third-order valence-electron chi connectivity index (χ3n) is 2.04. The summed E-state index contributed by atoms with van der Waals surface area (Å²) in [5, 5.41) is 0.851. The summed E-state index contributed by atoms with van der Waals surface area (Å²) >= 11 is 3.44. The molecule has 16 heavy (non-hydrogen) atoms. The van der Waals surface area contributed by atoms with Gasteiger partial charge in [0, 0.05) is 28.7 Å². The van der Waals surface area contributed by atoms with E-state index in [1.165, 1.54) is 11.5 Å². The summed E-state index contributed by atoms with van der Waals surface area (Å²) in [6.45, 7) is 0. The normalized spacial score (nSPS) is 10.2. The van der Waals surface area contributed by atoms with Gasteiger partial charge in [0.2, 0.25) is 3.83 Å². The molecule has 0 atom stereocenters. The third kappa shape index (κ3) is 2.27. The summed E-state index contributed by atoms with van der Waals surface area (Å²) in [6, 6.07) is 5.64. The van der Waals surface area contributed by atoms with E-state index in [0.29, 0.717) is 0 Å². The molecule has 1 heterocycles. The number of hydrogen-bond acceptors (Lipinski definition) is 5. The minimum atomic E-state index is 0.743. The molecule has 0 unspecified atom stereocenters. The van der Waals surface area contributed by atoms with Crippen LogP contribution >= 0.6 is 34.1 Å². The van der Waals surface area contributed by atoms with Gasteiger partial charge in [-0.25, -0.2) is 4.98 Å². The highest BCUT2D eigenvalue weighted by Crippen LogP contribution is 2.34. The number of halogens is 1. The van der Waals surface area contributed by atoms with Gasteiger partial charge >= 0.3 is 0 Å². The average molecular weight is 348 g/mol. The van der Waals surface area contributed by atoms with E-state index >= 15 is 0 Å². The fraction of sp³-hybridized carbons (Fsp3) is 0.200. The third-order valence-corrected chi connectivity index (χ3v) is 3.60. The molecule has 1 aromatic heterocycles. The quantitative estimate of drug-likeness (QED) is 0.801. The van der Waals surface area contributed by atoms with Crippen molar-refractivity contribution >= 4 is 34.1 Å². The maximum Gasteiger partial charge on any atom is 0.203 e. The molecule has 84 valence electrons. The van der Waals surface area contributed by atoms with Crippen molar-refractivity contribution in [3.63, 3.8) is 0 Å². The Morgan fingerprint density at radius 3 is 2.62 bits per heavy atom. The van der Waals surface area contributed by atoms with E-state index in [0.717, 1.165) is 25.9 Å². The Labute approximate surface area is 111 Å². The lowest BCUT2D eigenvalue weighted by molar-refractivity contribution is 0.395. The highest BCUT2D eigenvalue weighted by atomic mass is 127. The molecule has 0 N–H and O–H groups in total. The van der Waals surface area contributed by atoms with Crippen molar-refractivity contribution in [2.75, 3.05) is 14.2 Å². The molecule has 0 aliphatic carbocycles. The molecule has 0 amide bonds. The Kier molecular flexibility index (Phi) is 3.59. The van der Waals surface area contributed by atoms with Crippen molar-refractivity contribution in [1.29, 1.82) is 0 Å². The molecule has 0 spiro atoms. The van der Waals surface area contributed by atoms with Crippen LogP contribution in [0.5, 0.6) is 11.5 Å². The molecule has 6 heteroatoms. The second kappa shape index (κ2) is 4.96. The monoisotopic (exact) mass is 348 g/mol. The number of methoxy groups -OCH3 is 2. The van der Waals surface area contributed by atoms with Crippen molar-refractivity contribution in [2.24, 2.45) is 0 Å². The number of rotatable bonds is 3. The van der Waals surface area contributed by atoms with Crippen LogP contribution in [0.4, 0.5) is 0 Å². The van der Waals surface area contributed by atoms with E-state index in [1.54, 1.807) is 14.2 Å². The van der Waals surface area contributed by atoms with Crippen LogP contribution in [0, 0.1) is 3.83 Å². The zero-order valence-corrected chi connectivity index (χ0v) is 11.7. The highest BCUT2D eigenvalue weighted by Gasteiger charge is 2.11. The lowest BCUT2D eigenvalue weighted by atomic mass is 10.2. The molecule has 1 aromatic carbocycles. The molecule has 2 aromatic rings. The molecule has 2 rings (SSSR count). The predicted molar refractivity (Wildman–Crippen MR) is 71.2 cm³/mol. The Hall–Kier alpha value is -0.890. The Bertz CT molecular complexity index is 501. The Morgan fingerprint density at radius 2 is 2.06 bits per heavy atom. The standard InChI is InChI=1S/C10H9IN2O2S/c1-14-6-3-4-7(8(5-6)15-2)9-12-10(11)13-16-9/h3-5H,1-2H3. The maximum atomic E-state index is 5.31. The van der Waals surface area contributed by atoms with Gasteiger partial charge in [0.05, 0.1) is 19.8 Å². The summed E-state index contributed by atoms with van der Waals surface area (Å²) in [5.41, 5.74) is 0.934. The zero-order chi connectivity index (χ0) is 11.5. The van der Waals surface area contributed by atoms with E-state index in [2.05, 4.69) is 31.9 Å². The van der Waals surface area contributed by atoms with E-state index in [-0.39, 0.29) is 0 Å². The SMILES string of the molecule is COc1ccc(-c2nc(I)ns2)c(OC)c1. The molecule has 0 aliphatic rings. The summed E-state index contributed by atoms with van der Waals surface area (Å²) in [4.78, 5) is 4.32. The summed E-state index contributed by atoms with van der Waals surface area (Å²) in [7, 11) is 3.26. The molecule has 0 saturated heterocycles. The number of hydrogen-bond donors (Lipinski definition) is 0. The highest BCUT2D eigenvalue weighted by molar-refractivity contribution is 14.1. The topological polar surface area (TPSA) is 44.2 Å². The van der Waals surface area contributed by atoms with Crippen LogP contribution in [0.1, 0.15) is 0 Å². The van der Waals surface area contributed by atoms with E-state index < -0.39 is 0 Å². The van der Waals surface area contributed by atoms with Crippen molar-refractivity contribution in [1.82, 2.24) is 9.36 Å². The molecule has 0 bridgehead atoms. The van der Waals surface area contributed by atoms with Gasteiger partial charge < -0.3 is 9.47 Å². The van der Waals surface area contributed by atoms with Gasteiger partial charge in [-0.15, -0.1) is 0 Å². The fourth-order valence-electron chi connectivity index (χ4n) is 1.29. The molecular weight excluding hydrogens is 339 g/mol. The lowest BCUT2D eigenvalue weighted by Gasteiger charge is -2.07. The largest absolute Gasteiger partial charge is 0.497 e. The lowest BCUT2D eigenvalue weighted by Crippen LogP contribution is -1.90. The number of ether oxygens (including phenoxy) is 2. The van der Waals surface area contributed by atoms with Crippen LogP contribution in [0.25, 0.3) is 10.6 Å². The van der Waals surface area contributed by atoms with Gasteiger partial charge in [-0.1, -0.05) is 0 Å². The van der Waals surface area contributed by atoms with Crippen LogP contribution in [-0.2, 0) is 0 Å². The molecular formula is C10H9IN2O2S. The summed E-state index contributed by atoms with van der Waals surface area (Å²) in [5.74, 6) is 1.51. The zero-order valence-electron chi connectivity index (χ0n) is 8.73. The predicted octanol–water partition coefficient (Wildman–Crippen LogP) is 2.83. The first kappa shape index (κ1) is 11.6. The van der Waals surface area contributed by atoms with Gasteiger partial charge in [0.15, 0.2) is 0 Å². The minimum absolute atomic E-state index is 0.743. The van der Waals surface area contributed by atoms with Crippen molar-refractivity contribution in [2.45, 2.75) is 0 Å². The van der Waals surface area contributed by atoms with Gasteiger partial charge in [-0.3, -0.25) is 0 Å². The van der Waals surface area contributed by atoms with E-state index in [4.69, 9.17) is 9.47 Å².